The van der Waals surface area contributed by atoms with Crippen molar-refractivity contribution in [1.29, 1.82) is 0 Å². The predicted octanol–water partition coefficient (Wildman–Crippen LogP) is 3.20. The average Bonchev–Trinajstić information content (AvgIpc) is 3.16. The van der Waals surface area contributed by atoms with Gasteiger partial charge in [0.05, 0.1) is 15.6 Å². The Kier molecular flexibility index (Phi) is 6.44. The van der Waals surface area contributed by atoms with Crippen molar-refractivity contribution < 1.29 is 19.8 Å². The number of aliphatic carboxylic acids is 1. The van der Waals surface area contributed by atoms with Crippen LogP contribution in [0.15, 0.2) is 36.4 Å². The van der Waals surface area contributed by atoms with Gasteiger partial charge in [0.1, 0.15) is 11.8 Å². The lowest BCUT2D eigenvalue weighted by Crippen LogP contribution is -2.42. The second-order valence-corrected chi connectivity index (χ2v) is 7.55. The Balaban J connectivity index is 1.84. The van der Waals surface area contributed by atoms with Gasteiger partial charge < -0.3 is 20.8 Å². The molecule has 1 aliphatic rings. The highest BCUT2D eigenvalue weighted by Crippen LogP contribution is 2.30. The van der Waals surface area contributed by atoms with Crippen LogP contribution in [-0.2, 0) is 11.2 Å². The monoisotopic (exact) mass is 422 g/mol. The number of carbonyl (C=O) groups is 2. The molecular weight excluding hydrogens is 403 g/mol. The second kappa shape index (κ2) is 8.82. The fraction of sp³-hybridized carbons (Fsp3) is 0.300. The zero-order valence-electron chi connectivity index (χ0n) is 14.9. The number of amides is 1. The van der Waals surface area contributed by atoms with E-state index < -0.39 is 17.9 Å². The van der Waals surface area contributed by atoms with E-state index in [1.54, 1.807) is 18.2 Å². The van der Waals surface area contributed by atoms with Crippen LogP contribution in [0.1, 0.15) is 33.8 Å². The minimum absolute atomic E-state index is 0.0444. The molecule has 2 atom stereocenters. The summed E-state index contributed by atoms with van der Waals surface area (Å²) in [6.45, 7) is 1.62. The average molecular weight is 423 g/mol. The number of hydrogen-bond donors (Lipinski definition) is 4. The van der Waals surface area contributed by atoms with Crippen molar-refractivity contribution in [2.24, 2.45) is 0 Å². The lowest BCUT2D eigenvalue weighted by atomic mass is 9.90. The fourth-order valence-corrected chi connectivity index (χ4v) is 4.00. The molecule has 4 N–H and O–H groups in total. The number of carbonyl (C=O) groups excluding carboxylic acids is 1. The molecule has 0 saturated carbocycles. The van der Waals surface area contributed by atoms with Crippen LogP contribution < -0.4 is 10.6 Å². The molecule has 1 saturated heterocycles. The molecule has 148 valence electrons. The molecule has 1 heterocycles. The van der Waals surface area contributed by atoms with Gasteiger partial charge in [-0.25, -0.2) is 4.79 Å². The molecule has 0 aliphatic carbocycles. The number of phenols is 1. The number of benzene rings is 2. The molecule has 0 bridgehead atoms. The van der Waals surface area contributed by atoms with Crippen molar-refractivity contribution >= 4 is 35.1 Å². The highest BCUT2D eigenvalue weighted by molar-refractivity contribution is 6.39. The first-order chi connectivity index (χ1) is 13.4. The van der Waals surface area contributed by atoms with E-state index in [1.807, 2.05) is 0 Å². The lowest BCUT2D eigenvalue weighted by molar-refractivity contribution is -0.139. The molecule has 0 aromatic heterocycles. The third-order valence-corrected chi connectivity index (χ3v) is 5.48. The van der Waals surface area contributed by atoms with Gasteiger partial charge in [0.25, 0.3) is 5.91 Å². The maximum Gasteiger partial charge on any atom is 0.326 e. The number of hydrogen-bond acceptors (Lipinski definition) is 4. The van der Waals surface area contributed by atoms with E-state index >= 15 is 0 Å². The predicted molar refractivity (Wildman–Crippen MR) is 107 cm³/mol. The SMILES string of the molecule is O=C(N[C@@H](Cc1ccc(O)cc1C1CCNC1)C(=O)O)c1c(Cl)cccc1Cl. The summed E-state index contributed by atoms with van der Waals surface area (Å²) in [5.74, 6) is -1.50. The normalized spacial score (nSPS) is 17.3. The first kappa shape index (κ1) is 20.5. The topological polar surface area (TPSA) is 98.7 Å². The number of rotatable bonds is 6. The van der Waals surface area contributed by atoms with E-state index in [9.17, 15) is 19.8 Å². The van der Waals surface area contributed by atoms with Gasteiger partial charge in [0, 0.05) is 13.0 Å². The molecule has 3 rings (SSSR count). The van der Waals surface area contributed by atoms with E-state index in [2.05, 4.69) is 10.6 Å². The Labute approximate surface area is 172 Å². The van der Waals surface area contributed by atoms with E-state index in [4.69, 9.17) is 23.2 Å². The summed E-state index contributed by atoms with van der Waals surface area (Å²) in [6, 6.07) is 8.36. The molecule has 1 aliphatic heterocycles. The molecule has 2 aromatic rings. The minimum atomic E-state index is -1.17. The first-order valence-electron chi connectivity index (χ1n) is 8.87. The maximum atomic E-state index is 12.6. The van der Waals surface area contributed by atoms with Crippen molar-refractivity contribution in [2.45, 2.75) is 24.8 Å². The van der Waals surface area contributed by atoms with Crippen LogP contribution in [0, 0.1) is 0 Å². The number of carboxylic acid groups (broad SMARTS) is 1. The fourth-order valence-electron chi connectivity index (χ4n) is 3.43. The molecule has 8 heteroatoms. The van der Waals surface area contributed by atoms with Gasteiger partial charge in [-0.05, 0) is 54.3 Å². The van der Waals surface area contributed by atoms with Gasteiger partial charge in [-0.1, -0.05) is 35.3 Å². The van der Waals surface area contributed by atoms with Crippen LogP contribution in [0.3, 0.4) is 0 Å². The summed E-state index contributed by atoms with van der Waals surface area (Å²) in [7, 11) is 0. The lowest BCUT2D eigenvalue weighted by Gasteiger charge is -2.20. The van der Waals surface area contributed by atoms with Gasteiger partial charge >= 0.3 is 5.97 Å². The van der Waals surface area contributed by atoms with Crippen LogP contribution in [0.2, 0.25) is 10.0 Å². The molecule has 6 nitrogen and oxygen atoms in total. The van der Waals surface area contributed by atoms with Crippen molar-refractivity contribution in [3.05, 3.63) is 63.1 Å². The van der Waals surface area contributed by atoms with Crippen LogP contribution in [-0.4, -0.2) is 41.2 Å². The van der Waals surface area contributed by atoms with Crippen molar-refractivity contribution in [1.82, 2.24) is 10.6 Å². The third-order valence-electron chi connectivity index (χ3n) is 4.85. The number of carboxylic acids is 1. The van der Waals surface area contributed by atoms with Gasteiger partial charge in [0.15, 0.2) is 0 Å². The van der Waals surface area contributed by atoms with Gasteiger partial charge in [-0.15, -0.1) is 0 Å². The Morgan fingerprint density at radius 1 is 1.21 bits per heavy atom. The molecule has 2 aromatic carbocycles. The van der Waals surface area contributed by atoms with E-state index in [0.29, 0.717) is 0 Å². The van der Waals surface area contributed by atoms with Crippen LogP contribution in [0.25, 0.3) is 0 Å². The zero-order valence-corrected chi connectivity index (χ0v) is 16.4. The van der Waals surface area contributed by atoms with Gasteiger partial charge in [0.2, 0.25) is 0 Å². The Bertz CT molecular complexity index is 878. The number of halogens is 2. The summed E-state index contributed by atoms with van der Waals surface area (Å²) in [5, 5.41) is 25.6. The molecular formula is C20H20Cl2N2O4. The van der Waals surface area contributed by atoms with E-state index in [1.165, 1.54) is 18.2 Å². The maximum absolute atomic E-state index is 12.6. The Hall–Kier alpha value is -2.28. The molecule has 0 spiro atoms. The summed E-state index contributed by atoms with van der Waals surface area (Å²) in [6.07, 6.45) is 0.977. The molecule has 1 fully saturated rings. The molecule has 0 radical (unpaired) electrons. The Morgan fingerprint density at radius 3 is 2.54 bits per heavy atom. The van der Waals surface area contributed by atoms with E-state index in [0.717, 1.165) is 30.6 Å². The summed E-state index contributed by atoms with van der Waals surface area (Å²) >= 11 is 12.1. The molecule has 28 heavy (non-hydrogen) atoms. The highest BCUT2D eigenvalue weighted by atomic mass is 35.5. The quantitative estimate of drug-likeness (QED) is 0.572. The van der Waals surface area contributed by atoms with Crippen LogP contribution in [0.5, 0.6) is 5.75 Å². The largest absolute Gasteiger partial charge is 0.508 e. The van der Waals surface area contributed by atoms with Gasteiger partial charge in [-0.2, -0.15) is 0 Å². The van der Waals surface area contributed by atoms with E-state index in [-0.39, 0.29) is 33.7 Å². The molecule has 1 amide bonds. The van der Waals surface area contributed by atoms with Crippen molar-refractivity contribution in [3.63, 3.8) is 0 Å². The molecule has 1 unspecified atom stereocenters. The van der Waals surface area contributed by atoms with Gasteiger partial charge in [-0.3, -0.25) is 4.79 Å². The first-order valence-corrected chi connectivity index (χ1v) is 9.62. The number of phenolic OH excluding ortho intramolecular Hbond substituents is 1. The summed E-state index contributed by atoms with van der Waals surface area (Å²) < 4.78 is 0. The van der Waals surface area contributed by atoms with Crippen LogP contribution >= 0.6 is 23.2 Å². The number of nitrogens with one attached hydrogen (secondary N) is 2. The number of aromatic hydroxyl groups is 1. The smallest absolute Gasteiger partial charge is 0.326 e. The summed E-state index contributed by atoms with van der Waals surface area (Å²) in [4.78, 5) is 24.4. The zero-order chi connectivity index (χ0) is 20.3. The third kappa shape index (κ3) is 4.58. The van der Waals surface area contributed by atoms with Crippen molar-refractivity contribution in [3.8, 4) is 5.75 Å². The second-order valence-electron chi connectivity index (χ2n) is 6.74. The highest BCUT2D eigenvalue weighted by Gasteiger charge is 2.27. The van der Waals surface area contributed by atoms with Crippen molar-refractivity contribution in [2.75, 3.05) is 13.1 Å². The minimum Gasteiger partial charge on any atom is -0.508 e. The van der Waals surface area contributed by atoms with Crippen LogP contribution in [0.4, 0.5) is 0 Å². The standard InChI is InChI=1S/C20H20Cl2N2O4/c21-15-2-1-3-16(22)18(15)19(26)24-17(20(27)28)8-11-4-5-13(25)9-14(11)12-6-7-23-10-12/h1-5,9,12,17,23,25H,6-8,10H2,(H,24,26)(H,27,28)/t12?,17-/m0/s1. The summed E-state index contributed by atoms with van der Waals surface area (Å²) in [5.41, 5.74) is 1.70. The Morgan fingerprint density at radius 2 is 1.93 bits per heavy atom.